The molecule has 2 N–H and O–H groups in total. The van der Waals surface area contributed by atoms with Crippen molar-refractivity contribution in [2.24, 2.45) is 7.05 Å². The normalized spacial score (nSPS) is 19.9. The molecule has 2 aliphatic carbocycles. The smallest absolute Gasteiger partial charge is 0.272 e. The van der Waals surface area contributed by atoms with Crippen LogP contribution < -0.4 is 10.6 Å². The Hall–Kier alpha value is -1.85. The van der Waals surface area contributed by atoms with Crippen LogP contribution in [0.1, 0.15) is 85.2 Å². The number of amides is 2. The van der Waals surface area contributed by atoms with E-state index < -0.39 is 0 Å². The Balaban J connectivity index is 1.60. The predicted octanol–water partition coefficient (Wildman–Crippen LogP) is 2.55. The Morgan fingerprint density at radius 1 is 0.917 bits per heavy atom. The van der Waals surface area contributed by atoms with E-state index in [4.69, 9.17) is 0 Å². The fourth-order valence-corrected chi connectivity index (χ4v) is 3.80. The summed E-state index contributed by atoms with van der Waals surface area (Å²) in [6.45, 7) is 0. The average molecular weight is 332 g/mol. The van der Waals surface area contributed by atoms with Gasteiger partial charge in [-0.3, -0.25) is 14.3 Å². The largest absolute Gasteiger partial charge is 0.348 e. The van der Waals surface area contributed by atoms with Gasteiger partial charge in [0.1, 0.15) is 5.69 Å². The summed E-state index contributed by atoms with van der Waals surface area (Å²) in [4.78, 5) is 24.8. The van der Waals surface area contributed by atoms with Crippen molar-refractivity contribution in [3.8, 4) is 0 Å². The molecule has 1 aromatic rings. The molecule has 2 saturated carbocycles. The molecule has 2 aliphatic rings. The molecule has 1 heterocycles. The number of nitrogens with zero attached hydrogens (tertiary/aromatic N) is 2. The number of hydrogen-bond donors (Lipinski definition) is 2. The summed E-state index contributed by atoms with van der Waals surface area (Å²) < 4.78 is 1.51. The molecule has 2 fully saturated rings. The first kappa shape index (κ1) is 17.0. The lowest BCUT2D eigenvalue weighted by Gasteiger charge is -2.22. The number of aryl methyl sites for hydroxylation is 1. The van der Waals surface area contributed by atoms with Gasteiger partial charge in [0.15, 0.2) is 5.69 Å². The highest BCUT2D eigenvalue weighted by atomic mass is 16.2. The minimum absolute atomic E-state index is 0.131. The van der Waals surface area contributed by atoms with Crippen molar-refractivity contribution in [3.63, 3.8) is 0 Å². The Labute approximate surface area is 143 Å². The minimum atomic E-state index is -0.172. The molecular weight excluding hydrogens is 304 g/mol. The molecule has 2 amide bonds. The van der Waals surface area contributed by atoms with Crippen LogP contribution in [0.15, 0.2) is 6.07 Å². The summed E-state index contributed by atoms with van der Waals surface area (Å²) in [6, 6.07) is 2.10. The standard InChI is InChI=1S/C18H28N4O2/c1-22-16(18(24)20-14-10-6-3-7-11-14)12-15(21-22)17(23)19-13-8-4-2-5-9-13/h12-14H,2-11H2,1H3,(H,19,23)(H,20,24). The van der Waals surface area contributed by atoms with Gasteiger partial charge < -0.3 is 10.6 Å². The van der Waals surface area contributed by atoms with Crippen LogP contribution in [-0.2, 0) is 7.05 Å². The quantitative estimate of drug-likeness (QED) is 0.889. The maximum absolute atomic E-state index is 12.5. The molecular formula is C18H28N4O2. The third-order valence-corrected chi connectivity index (χ3v) is 5.23. The van der Waals surface area contributed by atoms with Crippen molar-refractivity contribution in [1.82, 2.24) is 20.4 Å². The predicted molar refractivity (Wildman–Crippen MR) is 91.9 cm³/mol. The molecule has 0 unspecified atom stereocenters. The summed E-state index contributed by atoms with van der Waals surface area (Å²) >= 11 is 0. The van der Waals surface area contributed by atoms with Crippen LogP contribution in [-0.4, -0.2) is 33.7 Å². The molecule has 0 aliphatic heterocycles. The van der Waals surface area contributed by atoms with Gasteiger partial charge in [0.25, 0.3) is 11.8 Å². The molecule has 0 radical (unpaired) electrons. The molecule has 3 rings (SSSR count). The molecule has 24 heavy (non-hydrogen) atoms. The highest BCUT2D eigenvalue weighted by Crippen LogP contribution is 2.19. The van der Waals surface area contributed by atoms with Gasteiger partial charge in [-0.05, 0) is 25.7 Å². The Morgan fingerprint density at radius 2 is 1.42 bits per heavy atom. The van der Waals surface area contributed by atoms with Crippen molar-refractivity contribution >= 4 is 11.8 Å². The molecule has 1 aromatic heterocycles. The first-order valence-electron chi connectivity index (χ1n) is 9.29. The fourth-order valence-electron chi connectivity index (χ4n) is 3.80. The van der Waals surface area contributed by atoms with E-state index in [0.717, 1.165) is 25.7 Å². The van der Waals surface area contributed by atoms with Crippen LogP contribution in [0.5, 0.6) is 0 Å². The zero-order valence-corrected chi connectivity index (χ0v) is 14.5. The Bertz CT molecular complexity index is 584. The van der Waals surface area contributed by atoms with Crippen LogP contribution in [0.25, 0.3) is 0 Å². The SMILES string of the molecule is Cn1nc(C(=O)NC2CCCCC2)cc1C(=O)NC1CCCCC1. The molecule has 6 nitrogen and oxygen atoms in total. The monoisotopic (exact) mass is 332 g/mol. The summed E-state index contributed by atoms with van der Waals surface area (Å²) in [7, 11) is 1.72. The van der Waals surface area contributed by atoms with Gasteiger partial charge >= 0.3 is 0 Å². The van der Waals surface area contributed by atoms with Gasteiger partial charge in [0.2, 0.25) is 0 Å². The second-order valence-electron chi connectivity index (χ2n) is 7.16. The van der Waals surface area contributed by atoms with Crippen LogP contribution in [0, 0.1) is 0 Å². The van der Waals surface area contributed by atoms with E-state index in [1.807, 2.05) is 0 Å². The van der Waals surface area contributed by atoms with Gasteiger partial charge in [-0.25, -0.2) is 0 Å². The van der Waals surface area contributed by atoms with Crippen LogP contribution in [0.3, 0.4) is 0 Å². The van der Waals surface area contributed by atoms with Crippen molar-refractivity contribution in [1.29, 1.82) is 0 Å². The first-order chi connectivity index (χ1) is 11.6. The second-order valence-corrected chi connectivity index (χ2v) is 7.16. The maximum Gasteiger partial charge on any atom is 0.272 e. The summed E-state index contributed by atoms with van der Waals surface area (Å²) in [6.07, 6.45) is 11.3. The lowest BCUT2D eigenvalue weighted by Crippen LogP contribution is -2.37. The van der Waals surface area contributed by atoms with Crippen molar-refractivity contribution in [3.05, 3.63) is 17.5 Å². The summed E-state index contributed by atoms with van der Waals surface area (Å²) in [5, 5.41) is 10.4. The summed E-state index contributed by atoms with van der Waals surface area (Å²) in [5.74, 6) is -0.303. The molecule has 0 saturated heterocycles. The number of carbonyl (C=O) groups is 2. The van der Waals surface area contributed by atoms with E-state index in [2.05, 4.69) is 15.7 Å². The average Bonchev–Trinajstić information content (AvgIpc) is 2.99. The van der Waals surface area contributed by atoms with Gasteiger partial charge in [-0.15, -0.1) is 0 Å². The highest BCUT2D eigenvalue weighted by molar-refractivity contribution is 5.98. The fraction of sp³-hybridized carbons (Fsp3) is 0.722. The third kappa shape index (κ3) is 4.16. The van der Waals surface area contributed by atoms with Crippen LogP contribution in [0.2, 0.25) is 0 Å². The maximum atomic E-state index is 12.5. The minimum Gasteiger partial charge on any atom is -0.348 e. The first-order valence-corrected chi connectivity index (χ1v) is 9.29. The van der Waals surface area contributed by atoms with E-state index in [-0.39, 0.29) is 23.9 Å². The number of carbonyl (C=O) groups excluding carboxylic acids is 2. The topological polar surface area (TPSA) is 76.0 Å². The van der Waals surface area contributed by atoms with E-state index >= 15 is 0 Å². The van der Waals surface area contributed by atoms with Gasteiger partial charge in [0, 0.05) is 25.2 Å². The van der Waals surface area contributed by atoms with Crippen molar-refractivity contribution < 1.29 is 9.59 Å². The zero-order valence-electron chi connectivity index (χ0n) is 14.5. The number of hydrogen-bond acceptors (Lipinski definition) is 3. The number of nitrogens with one attached hydrogen (secondary N) is 2. The molecule has 0 aromatic carbocycles. The molecule has 0 bridgehead atoms. The highest BCUT2D eigenvalue weighted by Gasteiger charge is 2.23. The Morgan fingerprint density at radius 3 is 1.96 bits per heavy atom. The van der Waals surface area contributed by atoms with E-state index in [1.54, 1.807) is 13.1 Å². The zero-order chi connectivity index (χ0) is 16.9. The molecule has 6 heteroatoms. The lowest BCUT2D eigenvalue weighted by atomic mass is 9.95. The van der Waals surface area contributed by atoms with Gasteiger partial charge in [0.05, 0.1) is 0 Å². The van der Waals surface area contributed by atoms with Crippen molar-refractivity contribution in [2.75, 3.05) is 0 Å². The van der Waals surface area contributed by atoms with Crippen LogP contribution in [0.4, 0.5) is 0 Å². The van der Waals surface area contributed by atoms with E-state index in [0.29, 0.717) is 11.4 Å². The van der Waals surface area contributed by atoms with Gasteiger partial charge in [-0.2, -0.15) is 5.10 Å². The molecule has 0 atom stereocenters. The summed E-state index contributed by atoms with van der Waals surface area (Å²) in [5.41, 5.74) is 0.784. The number of aromatic nitrogens is 2. The van der Waals surface area contributed by atoms with E-state index in [1.165, 1.54) is 43.2 Å². The number of rotatable bonds is 4. The van der Waals surface area contributed by atoms with Crippen molar-refractivity contribution in [2.45, 2.75) is 76.3 Å². The molecule has 132 valence electrons. The van der Waals surface area contributed by atoms with E-state index in [9.17, 15) is 9.59 Å². The van der Waals surface area contributed by atoms with Gasteiger partial charge in [-0.1, -0.05) is 38.5 Å². The Kier molecular flexibility index (Phi) is 5.53. The lowest BCUT2D eigenvalue weighted by molar-refractivity contribution is 0.0912. The second kappa shape index (κ2) is 7.81. The van der Waals surface area contributed by atoms with Crippen LogP contribution >= 0.6 is 0 Å². The molecule has 0 spiro atoms. The third-order valence-electron chi connectivity index (χ3n) is 5.23.